The number of hydrogen-bond donors (Lipinski definition) is 4. The van der Waals surface area contributed by atoms with Gasteiger partial charge in [-0.2, -0.15) is 0 Å². The van der Waals surface area contributed by atoms with Crippen LogP contribution in [0.5, 0.6) is 0 Å². The number of carbonyl (C=O) groups excluding carboxylic acids is 3. The van der Waals surface area contributed by atoms with E-state index in [1.165, 1.54) is 6.20 Å². The minimum absolute atomic E-state index is 0.0795. The van der Waals surface area contributed by atoms with Crippen LogP contribution in [0.1, 0.15) is 25.8 Å². The van der Waals surface area contributed by atoms with Crippen LogP contribution in [-0.4, -0.2) is 23.9 Å². The molecule has 0 saturated heterocycles. The number of rotatable bonds is 10. The van der Waals surface area contributed by atoms with Gasteiger partial charge in [-0.1, -0.05) is 62.4 Å². The summed E-state index contributed by atoms with van der Waals surface area (Å²) in [5, 5.41) is 7.95. The SMILES string of the molecule is CC(C)C[C@H](NC(=O)OCc1ccccc1)C(=O)N/C(=C/Nc1ccccc1)C(N)=O. The molecule has 2 rings (SSSR count). The van der Waals surface area contributed by atoms with Crippen molar-refractivity contribution in [1.29, 1.82) is 0 Å². The fourth-order valence-corrected chi connectivity index (χ4v) is 2.69. The van der Waals surface area contributed by atoms with Crippen molar-refractivity contribution >= 4 is 23.6 Å². The van der Waals surface area contributed by atoms with E-state index in [0.29, 0.717) is 6.42 Å². The molecule has 0 aliphatic rings. The van der Waals surface area contributed by atoms with Crippen molar-refractivity contribution in [2.75, 3.05) is 5.32 Å². The lowest BCUT2D eigenvalue weighted by Crippen LogP contribution is -2.48. The normalized spacial score (nSPS) is 12.0. The maximum absolute atomic E-state index is 12.8. The summed E-state index contributed by atoms with van der Waals surface area (Å²) in [4.78, 5) is 36.7. The zero-order valence-corrected chi connectivity index (χ0v) is 17.6. The quantitative estimate of drug-likeness (QED) is 0.437. The van der Waals surface area contributed by atoms with Gasteiger partial charge in [0.2, 0.25) is 5.91 Å². The van der Waals surface area contributed by atoms with Gasteiger partial charge in [0.1, 0.15) is 18.3 Å². The fraction of sp³-hybridized carbons (Fsp3) is 0.261. The van der Waals surface area contributed by atoms with Gasteiger partial charge >= 0.3 is 6.09 Å². The number of nitrogens with two attached hydrogens (primary N) is 1. The molecule has 0 spiro atoms. The van der Waals surface area contributed by atoms with E-state index in [4.69, 9.17) is 10.5 Å². The smallest absolute Gasteiger partial charge is 0.408 e. The number of hydrogen-bond acceptors (Lipinski definition) is 5. The van der Waals surface area contributed by atoms with Gasteiger partial charge in [-0.05, 0) is 30.0 Å². The van der Waals surface area contributed by atoms with Crippen molar-refractivity contribution in [3.8, 4) is 0 Å². The van der Waals surface area contributed by atoms with Crippen LogP contribution in [0.15, 0.2) is 72.6 Å². The Balaban J connectivity index is 2.00. The molecule has 0 bridgehead atoms. The maximum Gasteiger partial charge on any atom is 0.408 e. The van der Waals surface area contributed by atoms with Gasteiger partial charge < -0.3 is 26.4 Å². The highest BCUT2D eigenvalue weighted by molar-refractivity contribution is 5.98. The molecule has 0 saturated carbocycles. The number of ether oxygens (including phenoxy) is 1. The Kier molecular flexibility index (Phi) is 9.10. The van der Waals surface area contributed by atoms with Crippen molar-refractivity contribution in [1.82, 2.24) is 10.6 Å². The molecule has 0 aliphatic carbocycles. The average Bonchev–Trinajstić information content (AvgIpc) is 2.75. The van der Waals surface area contributed by atoms with E-state index in [-0.39, 0.29) is 18.2 Å². The van der Waals surface area contributed by atoms with Gasteiger partial charge in [-0.15, -0.1) is 0 Å². The van der Waals surface area contributed by atoms with Gasteiger partial charge in [-0.25, -0.2) is 4.79 Å². The fourth-order valence-electron chi connectivity index (χ4n) is 2.69. The number of alkyl carbamates (subject to hydrolysis) is 1. The van der Waals surface area contributed by atoms with Crippen LogP contribution in [0.3, 0.4) is 0 Å². The van der Waals surface area contributed by atoms with E-state index in [9.17, 15) is 14.4 Å². The summed E-state index contributed by atoms with van der Waals surface area (Å²) in [5.74, 6) is -1.27. The molecule has 0 aromatic heterocycles. The molecule has 8 nitrogen and oxygen atoms in total. The Morgan fingerprint density at radius 2 is 1.61 bits per heavy atom. The van der Waals surface area contributed by atoms with Crippen LogP contribution in [0.25, 0.3) is 0 Å². The Bertz CT molecular complexity index is 898. The van der Waals surface area contributed by atoms with Gasteiger partial charge in [0.05, 0.1) is 0 Å². The first kappa shape index (κ1) is 23.5. The number of amides is 3. The zero-order valence-electron chi connectivity index (χ0n) is 17.6. The highest BCUT2D eigenvalue weighted by atomic mass is 16.5. The van der Waals surface area contributed by atoms with Gasteiger partial charge in [0.25, 0.3) is 5.91 Å². The standard InChI is InChI=1S/C23H28N4O4/c1-16(2)13-19(27-23(30)31-15-17-9-5-3-6-10-17)22(29)26-20(21(24)28)14-25-18-11-7-4-8-12-18/h3-12,14,16,19,25H,13,15H2,1-2H3,(H2,24,28)(H,26,29)(H,27,30)/b20-14+/t19-/m0/s1. The Hall–Kier alpha value is -3.81. The number of primary amides is 1. The molecule has 1 atom stereocenters. The Morgan fingerprint density at radius 3 is 2.19 bits per heavy atom. The largest absolute Gasteiger partial charge is 0.445 e. The van der Waals surface area contributed by atoms with Crippen molar-refractivity contribution < 1.29 is 19.1 Å². The van der Waals surface area contributed by atoms with Crippen LogP contribution in [0.2, 0.25) is 0 Å². The highest BCUT2D eigenvalue weighted by Gasteiger charge is 2.24. The van der Waals surface area contributed by atoms with Gasteiger partial charge in [0, 0.05) is 11.9 Å². The summed E-state index contributed by atoms with van der Waals surface area (Å²) in [6, 6.07) is 17.4. The van der Waals surface area contributed by atoms with E-state index < -0.39 is 23.9 Å². The minimum atomic E-state index is -0.900. The van der Waals surface area contributed by atoms with E-state index in [0.717, 1.165) is 11.3 Å². The van der Waals surface area contributed by atoms with E-state index >= 15 is 0 Å². The monoisotopic (exact) mass is 424 g/mol. The van der Waals surface area contributed by atoms with Crippen LogP contribution in [0.4, 0.5) is 10.5 Å². The van der Waals surface area contributed by atoms with E-state index in [2.05, 4.69) is 16.0 Å². The Morgan fingerprint density at radius 1 is 1.00 bits per heavy atom. The lowest BCUT2D eigenvalue weighted by molar-refractivity contribution is -0.124. The highest BCUT2D eigenvalue weighted by Crippen LogP contribution is 2.09. The van der Waals surface area contributed by atoms with Crippen LogP contribution >= 0.6 is 0 Å². The first-order valence-corrected chi connectivity index (χ1v) is 9.94. The molecular formula is C23H28N4O4. The molecule has 164 valence electrons. The molecule has 8 heteroatoms. The summed E-state index contributed by atoms with van der Waals surface area (Å²) < 4.78 is 5.20. The molecule has 2 aromatic rings. The van der Waals surface area contributed by atoms with Crippen molar-refractivity contribution in [3.05, 3.63) is 78.1 Å². The number of para-hydroxylation sites is 1. The lowest BCUT2D eigenvalue weighted by atomic mass is 10.0. The summed E-state index contributed by atoms with van der Waals surface area (Å²) in [6.45, 7) is 3.91. The number of anilines is 1. The van der Waals surface area contributed by atoms with Gasteiger partial charge in [0.15, 0.2) is 0 Å². The first-order chi connectivity index (χ1) is 14.8. The van der Waals surface area contributed by atoms with Crippen molar-refractivity contribution in [3.63, 3.8) is 0 Å². The number of nitrogens with one attached hydrogen (secondary N) is 3. The minimum Gasteiger partial charge on any atom is -0.445 e. The van der Waals surface area contributed by atoms with Crippen molar-refractivity contribution in [2.45, 2.75) is 32.9 Å². The molecule has 5 N–H and O–H groups in total. The average molecular weight is 425 g/mol. The maximum atomic E-state index is 12.8. The van der Waals surface area contributed by atoms with Crippen LogP contribution in [-0.2, 0) is 20.9 Å². The summed E-state index contributed by atoms with van der Waals surface area (Å²) in [6.07, 6.45) is 0.942. The topological polar surface area (TPSA) is 123 Å². The summed E-state index contributed by atoms with van der Waals surface area (Å²) >= 11 is 0. The molecule has 0 aliphatic heterocycles. The second kappa shape index (κ2) is 12.0. The third kappa shape index (κ3) is 8.61. The molecular weight excluding hydrogens is 396 g/mol. The van der Waals surface area contributed by atoms with Crippen LogP contribution in [0, 0.1) is 5.92 Å². The second-order valence-corrected chi connectivity index (χ2v) is 7.31. The molecule has 0 unspecified atom stereocenters. The molecule has 3 amide bonds. The third-order valence-corrected chi connectivity index (χ3v) is 4.21. The van der Waals surface area contributed by atoms with E-state index in [1.807, 2.05) is 62.4 Å². The van der Waals surface area contributed by atoms with E-state index in [1.54, 1.807) is 12.1 Å². The predicted molar refractivity (Wildman–Crippen MR) is 118 cm³/mol. The molecule has 0 radical (unpaired) electrons. The van der Waals surface area contributed by atoms with Crippen LogP contribution < -0.4 is 21.7 Å². The van der Waals surface area contributed by atoms with Gasteiger partial charge in [-0.3, -0.25) is 9.59 Å². The second-order valence-electron chi connectivity index (χ2n) is 7.31. The third-order valence-electron chi connectivity index (χ3n) is 4.21. The lowest BCUT2D eigenvalue weighted by Gasteiger charge is -2.20. The molecule has 0 fully saturated rings. The summed E-state index contributed by atoms with van der Waals surface area (Å²) in [5.41, 5.74) is 6.81. The number of benzene rings is 2. The predicted octanol–water partition coefficient (Wildman–Crippen LogP) is 2.88. The number of carbonyl (C=O) groups is 3. The first-order valence-electron chi connectivity index (χ1n) is 9.94. The Labute approximate surface area is 181 Å². The molecule has 0 heterocycles. The molecule has 31 heavy (non-hydrogen) atoms. The van der Waals surface area contributed by atoms with Crippen molar-refractivity contribution in [2.24, 2.45) is 11.7 Å². The zero-order chi connectivity index (χ0) is 22.6. The molecule has 2 aromatic carbocycles. The summed E-state index contributed by atoms with van der Waals surface area (Å²) in [7, 11) is 0.